The number of benzene rings is 1. The molecule has 5 atom stereocenters. The molecule has 2 saturated heterocycles. The number of nitrogens with zero attached hydrogens (tertiary/aromatic N) is 1. The number of hydrogen-bond donors (Lipinski definition) is 2. The van der Waals surface area contributed by atoms with Gasteiger partial charge in [-0.15, -0.1) is 0 Å². The summed E-state index contributed by atoms with van der Waals surface area (Å²) in [6, 6.07) is 6.98. The summed E-state index contributed by atoms with van der Waals surface area (Å²) in [5.41, 5.74) is 0.703. The molecule has 4 aliphatic rings. The molecular weight excluding hydrogens is 442 g/mol. The molecule has 2 N–H and O–H groups in total. The highest BCUT2D eigenvalue weighted by molar-refractivity contribution is 6.02. The Bertz CT molecular complexity index is 1010. The van der Waals surface area contributed by atoms with E-state index < -0.39 is 29.6 Å². The van der Waals surface area contributed by atoms with Crippen molar-refractivity contribution in [3.8, 4) is 0 Å². The molecular formula is C28H37N3O4. The number of fused-ring (bicyclic) bond motifs is 1. The van der Waals surface area contributed by atoms with Crippen LogP contribution in [-0.2, 0) is 19.1 Å². The second-order valence-electron chi connectivity index (χ2n) is 11.1. The third kappa shape index (κ3) is 4.28. The van der Waals surface area contributed by atoms with Crippen LogP contribution in [0.4, 0.5) is 5.69 Å². The predicted molar refractivity (Wildman–Crippen MR) is 134 cm³/mol. The van der Waals surface area contributed by atoms with E-state index in [2.05, 4.69) is 24.5 Å². The maximum Gasteiger partial charge on any atom is 0.246 e. The molecule has 5 rings (SSSR count). The van der Waals surface area contributed by atoms with Gasteiger partial charge in [0, 0.05) is 18.3 Å². The van der Waals surface area contributed by atoms with Gasteiger partial charge in [0.1, 0.15) is 11.6 Å². The Hall–Kier alpha value is -2.67. The van der Waals surface area contributed by atoms with Crippen molar-refractivity contribution < 1.29 is 19.1 Å². The number of aryl methyl sites for hydroxylation is 1. The van der Waals surface area contributed by atoms with E-state index in [-0.39, 0.29) is 23.8 Å². The number of amides is 3. The molecule has 0 radical (unpaired) electrons. The molecule has 1 aliphatic carbocycles. The van der Waals surface area contributed by atoms with E-state index in [9.17, 15) is 14.4 Å². The van der Waals surface area contributed by atoms with Crippen molar-refractivity contribution in [2.45, 2.75) is 83.1 Å². The molecule has 3 heterocycles. The topological polar surface area (TPSA) is 87.7 Å². The molecule has 35 heavy (non-hydrogen) atoms. The largest absolute Gasteiger partial charge is 0.359 e. The number of carbonyl (C=O) groups is 3. The van der Waals surface area contributed by atoms with Gasteiger partial charge in [-0.25, -0.2) is 0 Å². The van der Waals surface area contributed by atoms with Crippen LogP contribution in [0.1, 0.15) is 57.9 Å². The first-order valence-corrected chi connectivity index (χ1v) is 13.2. The summed E-state index contributed by atoms with van der Waals surface area (Å²) >= 11 is 0. The fraction of sp³-hybridized carbons (Fsp3) is 0.607. The molecule has 1 aromatic rings. The molecule has 1 saturated carbocycles. The minimum atomic E-state index is -1.09. The highest BCUT2D eigenvalue weighted by atomic mass is 16.5. The van der Waals surface area contributed by atoms with Gasteiger partial charge in [-0.1, -0.05) is 63.0 Å². The van der Waals surface area contributed by atoms with Gasteiger partial charge >= 0.3 is 0 Å². The molecule has 2 bridgehead atoms. The van der Waals surface area contributed by atoms with Crippen molar-refractivity contribution in [2.24, 2.45) is 17.8 Å². The van der Waals surface area contributed by atoms with Gasteiger partial charge in [-0.05, 0) is 44.2 Å². The van der Waals surface area contributed by atoms with E-state index in [0.29, 0.717) is 18.2 Å². The van der Waals surface area contributed by atoms with E-state index in [0.717, 1.165) is 37.7 Å². The summed E-state index contributed by atoms with van der Waals surface area (Å²) in [5.74, 6) is -1.51. The zero-order valence-electron chi connectivity index (χ0n) is 21.0. The third-order valence-corrected chi connectivity index (χ3v) is 8.14. The first-order valence-electron chi connectivity index (χ1n) is 13.2. The van der Waals surface area contributed by atoms with E-state index >= 15 is 0 Å². The van der Waals surface area contributed by atoms with Crippen LogP contribution in [0.2, 0.25) is 0 Å². The van der Waals surface area contributed by atoms with Crippen LogP contribution in [0.3, 0.4) is 0 Å². The molecule has 0 aromatic heterocycles. The van der Waals surface area contributed by atoms with E-state index in [1.807, 2.05) is 43.3 Å². The van der Waals surface area contributed by atoms with Crippen LogP contribution in [0.5, 0.6) is 0 Å². The molecule has 3 aliphatic heterocycles. The fourth-order valence-electron chi connectivity index (χ4n) is 6.29. The lowest BCUT2D eigenvalue weighted by atomic mass is 9.74. The van der Waals surface area contributed by atoms with Crippen molar-refractivity contribution in [3.05, 3.63) is 42.0 Å². The number of nitrogens with one attached hydrogen (secondary N) is 2. The standard InChI is InChI=1S/C28H37N3O4/c1-17(2)14-16-31-24(26(33)30-19-7-5-4-6-8-19)28-15-13-21(35-28)22(23(28)27(31)34)25(32)29-20-11-9-18(3)10-12-20/h9-13,15,17,19,21-24H,4-8,14,16H2,1-3H3,(H,29,32)(H,30,33)/t21-,22?,23-,24?,28?/m1/s1. The number of carbonyl (C=O) groups excluding carboxylic acids is 3. The SMILES string of the molecule is Cc1ccc(NC(=O)C2[C@H]3C=CC4(O3)C(C(=O)NC3CCCCC3)N(CCC(C)C)C(=O)[C@@H]24)cc1. The normalized spacial score (nSPS) is 31.8. The van der Waals surface area contributed by atoms with Crippen molar-refractivity contribution in [3.63, 3.8) is 0 Å². The Kier molecular flexibility index (Phi) is 6.47. The van der Waals surface area contributed by atoms with Crippen molar-refractivity contribution >= 4 is 23.4 Å². The number of anilines is 1. The monoisotopic (exact) mass is 479 g/mol. The molecule has 7 nitrogen and oxygen atoms in total. The average Bonchev–Trinajstić information content (AvgIpc) is 3.47. The lowest BCUT2D eigenvalue weighted by molar-refractivity contribution is -0.141. The number of ether oxygens (including phenoxy) is 1. The Labute approximate surface area is 207 Å². The van der Waals surface area contributed by atoms with Crippen LogP contribution in [-0.4, -0.2) is 53.0 Å². The molecule has 3 fully saturated rings. The highest BCUT2D eigenvalue weighted by Gasteiger charge is 2.72. The predicted octanol–water partition coefficient (Wildman–Crippen LogP) is 3.58. The summed E-state index contributed by atoms with van der Waals surface area (Å²) in [6.07, 6.45) is 9.39. The highest BCUT2D eigenvalue weighted by Crippen LogP contribution is 2.55. The Balaban J connectivity index is 1.42. The van der Waals surface area contributed by atoms with E-state index in [1.54, 1.807) is 4.90 Å². The smallest absolute Gasteiger partial charge is 0.246 e. The van der Waals surface area contributed by atoms with Gasteiger partial charge in [0.25, 0.3) is 0 Å². The lowest BCUT2D eigenvalue weighted by Crippen LogP contribution is -2.56. The Morgan fingerprint density at radius 1 is 1.11 bits per heavy atom. The molecule has 7 heteroatoms. The van der Waals surface area contributed by atoms with Crippen LogP contribution >= 0.6 is 0 Å². The van der Waals surface area contributed by atoms with E-state index in [4.69, 9.17) is 4.74 Å². The lowest BCUT2D eigenvalue weighted by Gasteiger charge is -2.34. The van der Waals surface area contributed by atoms with Gasteiger partial charge in [0.05, 0.1) is 17.9 Å². The summed E-state index contributed by atoms with van der Waals surface area (Å²) in [7, 11) is 0. The second-order valence-corrected chi connectivity index (χ2v) is 11.1. The van der Waals surface area contributed by atoms with Gasteiger partial charge < -0.3 is 20.3 Å². The summed E-state index contributed by atoms with van der Waals surface area (Å²) < 4.78 is 6.41. The third-order valence-electron chi connectivity index (χ3n) is 8.14. The van der Waals surface area contributed by atoms with Crippen LogP contribution in [0, 0.1) is 24.7 Å². The number of likely N-dealkylation sites (tertiary alicyclic amines) is 1. The molecule has 188 valence electrons. The number of hydrogen-bond acceptors (Lipinski definition) is 4. The molecule has 3 amide bonds. The van der Waals surface area contributed by atoms with Gasteiger partial charge in [0.15, 0.2) is 0 Å². The Morgan fingerprint density at radius 2 is 1.83 bits per heavy atom. The van der Waals surface area contributed by atoms with Crippen molar-refractivity contribution in [1.82, 2.24) is 10.2 Å². The molecule has 3 unspecified atom stereocenters. The van der Waals surface area contributed by atoms with Gasteiger partial charge in [-0.2, -0.15) is 0 Å². The van der Waals surface area contributed by atoms with Crippen LogP contribution in [0.25, 0.3) is 0 Å². The van der Waals surface area contributed by atoms with E-state index in [1.165, 1.54) is 6.42 Å². The van der Waals surface area contributed by atoms with Crippen molar-refractivity contribution in [2.75, 3.05) is 11.9 Å². The number of rotatable bonds is 7. The summed E-state index contributed by atoms with van der Waals surface area (Å²) in [6.45, 7) is 6.68. The average molecular weight is 480 g/mol. The molecule has 1 aromatic carbocycles. The van der Waals surface area contributed by atoms with Crippen LogP contribution in [0.15, 0.2) is 36.4 Å². The second kappa shape index (κ2) is 9.41. The van der Waals surface area contributed by atoms with Crippen LogP contribution < -0.4 is 10.6 Å². The minimum Gasteiger partial charge on any atom is -0.359 e. The van der Waals surface area contributed by atoms with Gasteiger partial charge in [0.2, 0.25) is 17.7 Å². The fourth-order valence-corrected chi connectivity index (χ4v) is 6.29. The maximum atomic E-state index is 13.9. The first kappa shape index (κ1) is 24.0. The zero-order chi connectivity index (χ0) is 24.7. The maximum absolute atomic E-state index is 13.9. The summed E-state index contributed by atoms with van der Waals surface area (Å²) in [4.78, 5) is 42.7. The quantitative estimate of drug-likeness (QED) is 0.585. The van der Waals surface area contributed by atoms with Crippen molar-refractivity contribution in [1.29, 1.82) is 0 Å². The Morgan fingerprint density at radius 3 is 2.51 bits per heavy atom. The first-order chi connectivity index (χ1) is 16.8. The molecule has 1 spiro atoms. The minimum absolute atomic E-state index is 0.136. The zero-order valence-corrected chi connectivity index (χ0v) is 21.0. The van der Waals surface area contributed by atoms with Gasteiger partial charge in [-0.3, -0.25) is 14.4 Å². The summed E-state index contributed by atoms with van der Waals surface area (Å²) in [5, 5.41) is 6.21.